The maximum atomic E-state index is 6.36. The molecular formula is C31H29N2OP. The van der Waals surface area contributed by atoms with Crippen molar-refractivity contribution in [2.75, 3.05) is 6.61 Å². The third-order valence-electron chi connectivity index (χ3n) is 6.81. The van der Waals surface area contributed by atoms with Gasteiger partial charge in [-0.15, -0.1) is 0 Å². The Morgan fingerprint density at radius 3 is 1.94 bits per heavy atom. The van der Waals surface area contributed by atoms with Crippen LogP contribution in [-0.2, 0) is 24.1 Å². The summed E-state index contributed by atoms with van der Waals surface area (Å²) in [5.74, 6) is 0.903. The summed E-state index contributed by atoms with van der Waals surface area (Å²) in [7, 11) is -0.739. The first-order valence-electron chi connectivity index (χ1n) is 12.3. The molecule has 0 saturated carbocycles. The molecule has 0 saturated heterocycles. The van der Waals surface area contributed by atoms with Gasteiger partial charge in [-0.05, 0) is 40.1 Å². The van der Waals surface area contributed by atoms with E-state index in [1.165, 1.54) is 27.3 Å². The van der Waals surface area contributed by atoms with Gasteiger partial charge in [0.2, 0.25) is 5.90 Å². The molecule has 2 atom stereocenters. The second-order valence-corrected chi connectivity index (χ2v) is 11.4. The van der Waals surface area contributed by atoms with Gasteiger partial charge in [-0.2, -0.15) is 0 Å². The van der Waals surface area contributed by atoms with Crippen molar-refractivity contribution in [1.29, 1.82) is 0 Å². The SMILES string of the molecule is c1ccc(C[C@H]2COC([C@H]3Cc4ccccc4CN3P(c3ccccc3)c3ccccc3)=N2)cc1. The van der Waals surface area contributed by atoms with Crippen molar-refractivity contribution in [2.45, 2.75) is 31.5 Å². The first-order valence-corrected chi connectivity index (χ1v) is 13.6. The average Bonchev–Trinajstić information content (AvgIpc) is 3.38. The van der Waals surface area contributed by atoms with Crippen molar-refractivity contribution in [3.05, 3.63) is 132 Å². The zero-order valence-corrected chi connectivity index (χ0v) is 20.6. The third-order valence-corrected chi connectivity index (χ3v) is 9.32. The van der Waals surface area contributed by atoms with Gasteiger partial charge in [0.1, 0.15) is 6.61 Å². The van der Waals surface area contributed by atoms with Crippen LogP contribution in [0.15, 0.2) is 120 Å². The largest absolute Gasteiger partial charge is 0.478 e. The lowest BCUT2D eigenvalue weighted by molar-refractivity contribution is 0.271. The van der Waals surface area contributed by atoms with Gasteiger partial charge >= 0.3 is 0 Å². The van der Waals surface area contributed by atoms with E-state index in [-0.39, 0.29) is 12.1 Å². The van der Waals surface area contributed by atoms with Crippen LogP contribution in [-0.4, -0.2) is 29.3 Å². The molecule has 2 aliphatic heterocycles. The standard InChI is InChI=1S/C31H29N2OP/c1-4-12-24(13-5-1)20-27-23-34-31(32-27)30-21-25-14-10-11-15-26(25)22-33(30)35(28-16-6-2-7-17-28)29-18-8-3-9-19-29/h1-19,27,30H,20-23H2/t27-,30+/m0/s1. The summed E-state index contributed by atoms with van der Waals surface area (Å²) >= 11 is 0. The second-order valence-electron chi connectivity index (χ2n) is 9.19. The Balaban J connectivity index is 1.39. The minimum Gasteiger partial charge on any atom is -0.478 e. The number of rotatable bonds is 6. The van der Waals surface area contributed by atoms with Crippen molar-refractivity contribution in [3.8, 4) is 0 Å². The number of fused-ring (bicyclic) bond motifs is 1. The van der Waals surface area contributed by atoms with Gasteiger partial charge in [-0.1, -0.05) is 115 Å². The fraction of sp³-hybridized carbons (Fsp3) is 0.194. The zero-order valence-electron chi connectivity index (χ0n) is 19.7. The molecule has 4 aromatic carbocycles. The summed E-state index contributed by atoms with van der Waals surface area (Å²) in [6.07, 6.45) is 1.84. The molecule has 174 valence electrons. The molecule has 0 bridgehead atoms. The second kappa shape index (κ2) is 10.2. The van der Waals surface area contributed by atoms with Crippen molar-refractivity contribution in [2.24, 2.45) is 4.99 Å². The number of aliphatic imine (C=N–C) groups is 1. The molecule has 0 aromatic heterocycles. The highest BCUT2D eigenvalue weighted by Gasteiger charge is 2.39. The van der Waals surface area contributed by atoms with Crippen LogP contribution in [0.25, 0.3) is 0 Å². The van der Waals surface area contributed by atoms with Crippen LogP contribution in [0.3, 0.4) is 0 Å². The van der Waals surface area contributed by atoms with Crippen LogP contribution in [0.1, 0.15) is 16.7 Å². The summed E-state index contributed by atoms with van der Waals surface area (Å²) < 4.78 is 9.02. The topological polar surface area (TPSA) is 24.8 Å². The molecule has 0 fully saturated rings. The van der Waals surface area contributed by atoms with E-state index in [0.717, 1.165) is 25.3 Å². The van der Waals surface area contributed by atoms with Crippen LogP contribution >= 0.6 is 8.07 Å². The molecule has 0 aliphatic carbocycles. The van der Waals surface area contributed by atoms with E-state index in [0.29, 0.717) is 6.61 Å². The van der Waals surface area contributed by atoms with Crippen molar-refractivity contribution in [3.63, 3.8) is 0 Å². The molecule has 35 heavy (non-hydrogen) atoms. The Hall–Kier alpha value is -3.26. The molecular weight excluding hydrogens is 447 g/mol. The number of hydrogen-bond donors (Lipinski definition) is 0. The summed E-state index contributed by atoms with van der Waals surface area (Å²) in [6, 6.07) is 41.7. The van der Waals surface area contributed by atoms with Gasteiger partial charge in [0.15, 0.2) is 0 Å². The molecule has 4 aromatic rings. The van der Waals surface area contributed by atoms with Crippen LogP contribution in [0.5, 0.6) is 0 Å². The molecule has 3 nitrogen and oxygen atoms in total. The molecule has 6 rings (SSSR count). The van der Waals surface area contributed by atoms with Crippen LogP contribution in [0, 0.1) is 0 Å². The van der Waals surface area contributed by atoms with E-state index >= 15 is 0 Å². The molecule has 2 aliphatic rings. The van der Waals surface area contributed by atoms with Gasteiger partial charge in [-0.3, -0.25) is 4.67 Å². The Labute approximate surface area is 208 Å². The lowest BCUT2D eigenvalue weighted by Crippen LogP contribution is -2.45. The Kier molecular flexibility index (Phi) is 6.45. The number of hydrogen-bond acceptors (Lipinski definition) is 3. The fourth-order valence-corrected chi connectivity index (χ4v) is 7.68. The minimum absolute atomic E-state index is 0.122. The van der Waals surface area contributed by atoms with E-state index in [1.54, 1.807) is 0 Å². The van der Waals surface area contributed by atoms with E-state index < -0.39 is 8.07 Å². The maximum Gasteiger partial charge on any atom is 0.202 e. The van der Waals surface area contributed by atoms with E-state index in [1.807, 2.05) is 0 Å². The van der Waals surface area contributed by atoms with Crippen LogP contribution < -0.4 is 10.6 Å². The molecule has 2 heterocycles. The average molecular weight is 477 g/mol. The number of nitrogens with zero attached hydrogens (tertiary/aromatic N) is 2. The van der Waals surface area contributed by atoms with Crippen molar-refractivity contribution < 1.29 is 4.74 Å². The molecule has 0 amide bonds. The highest BCUT2D eigenvalue weighted by Crippen LogP contribution is 2.45. The van der Waals surface area contributed by atoms with Crippen molar-refractivity contribution >= 4 is 24.6 Å². The summed E-state index contributed by atoms with van der Waals surface area (Å²) in [5.41, 5.74) is 4.12. The summed E-state index contributed by atoms with van der Waals surface area (Å²) in [4.78, 5) is 5.16. The molecule has 4 heteroatoms. The Morgan fingerprint density at radius 2 is 1.29 bits per heavy atom. The van der Waals surface area contributed by atoms with E-state index in [2.05, 4.69) is 120 Å². The quantitative estimate of drug-likeness (QED) is 0.343. The first kappa shape index (κ1) is 22.2. The smallest absolute Gasteiger partial charge is 0.202 e. The normalized spacial score (nSPS) is 19.7. The molecule has 0 N–H and O–H groups in total. The highest BCUT2D eigenvalue weighted by atomic mass is 31.1. The van der Waals surface area contributed by atoms with Gasteiger partial charge in [-0.25, -0.2) is 4.99 Å². The maximum absolute atomic E-state index is 6.36. The lowest BCUT2D eigenvalue weighted by atomic mass is 9.96. The van der Waals surface area contributed by atoms with Gasteiger partial charge in [0.25, 0.3) is 0 Å². The van der Waals surface area contributed by atoms with E-state index in [9.17, 15) is 0 Å². The Bertz CT molecular complexity index is 1250. The highest BCUT2D eigenvalue weighted by molar-refractivity contribution is 7.70. The Morgan fingerprint density at radius 1 is 0.714 bits per heavy atom. The monoisotopic (exact) mass is 476 g/mol. The summed E-state index contributed by atoms with van der Waals surface area (Å²) in [5, 5.41) is 2.72. The predicted molar refractivity (Wildman–Crippen MR) is 146 cm³/mol. The van der Waals surface area contributed by atoms with E-state index in [4.69, 9.17) is 9.73 Å². The minimum atomic E-state index is -0.739. The number of ether oxygens (including phenoxy) is 1. The van der Waals surface area contributed by atoms with Gasteiger partial charge in [0.05, 0.1) is 12.1 Å². The van der Waals surface area contributed by atoms with Gasteiger partial charge in [0, 0.05) is 14.6 Å². The lowest BCUT2D eigenvalue weighted by Gasteiger charge is -2.41. The third kappa shape index (κ3) is 4.80. The first-order chi connectivity index (χ1) is 17.3. The molecule has 0 spiro atoms. The fourth-order valence-electron chi connectivity index (χ4n) is 5.13. The zero-order chi connectivity index (χ0) is 23.5. The van der Waals surface area contributed by atoms with Crippen LogP contribution in [0.2, 0.25) is 0 Å². The summed E-state index contributed by atoms with van der Waals surface area (Å²) in [6.45, 7) is 1.55. The van der Waals surface area contributed by atoms with Crippen molar-refractivity contribution in [1.82, 2.24) is 4.67 Å². The van der Waals surface area contributed by atoms with Crippen LogP contribution in [0.4, 0.5) is 0 Å². The predicted octanol–water partition coefficient (Wildman–Crippen LogP) is 5.50. The number of benzene rings is 4. The molecule has 0 radical (unpaired) electrons. The van der Waals surface area contributed by atoms with Gasteiger partial charge < -0.3 is 4.74 Å². The molecule has 0 unspecified atom stereocenters.